The second-order valence-electron chi connectivity index (χ2n) is 6.84. The molecule has 1 fully saturated rings. The van der Waals surface area contributed by atoms with Crippen molar-refractivity contribution < 1.29 is 9.53 Å². The van der Waals surface area contributed by atoms with Gasteiger partial charge in [0.1, 0.15) is 5.60 Å². The van der Waals surface area contributed by atoms with E-state index in [2.05, 4.69) is 27.1 Å². The van der Waals surface area contributed by atoms with Crippen molar-refractivity contribution in [3.63, 3.8) is 0 Å². The maximum atomic E-state index is 11.7. The summed E-state index contributed by atoms with van der Waals surface area (Å²) in [6.45, 7) is 10.4. The Kier molecular flexibility index (Phi) is 5.34. The maximum Gasteiger partial charge on any atom is 0.407 e. The van der Waals surface area contributed by atoms with E-state index in [1.807, 2.05) is 27.0 Å². The van der Waals surface area contributed by atoms with E-state index in [0.29, 0.717) is 12.5 Å². The van der Waals surface area contributed by atoms with Gasteiger partial charge < -0.3 is 10.1 Å². The number of nitrogens with zero attached hydrogens (tertiary/aromatic N) is 3. The number of hydrogen-bond donors (Lipinski definition) is 1. The third-order valence-electron chi connectivity index (χ3n) is 3.81. The molecular weight excluding hydrogens is 280 g/mol. The van der Waals surface area contributed by atoms with E-state index in [1.165, 1.54) is 0 Å². The molecule has 0 aromatic carbocycles. The second kappa shape index (κ2) is 7.05. The summed E-state index contributed by atoms with van der Waals surface area (Å²) in [6.07, 6.45) is 5.96. The van der Waals surface area contributed by atoms with Crippen LogP contribution in [0.3, 0.4) is 0 Å². The van der Waals surface area contributed by atoms with Gasteiger partial charge in [0.05, 0.1) is 11.7 Å². The molecule has 1 amide bonds. The number of aromatic nitrogens is 2. The van der Waals surface area contributed by atoms with Crippen LogP contribution in [0.4, 0.5) is 4.79 Å². The lowest BCUT2D eigenvalue weighted by atomic mass is 10.1. The molecule has 1 N–H and O–H groups in total. The van der Waals surface area contributed by atoms with Crippen LogP contribution in [0.2, 0.25) is 0 Å². The fraction of sp³-hybridized carbons (Fsp3) is 0.688. The average Bonchev–Trinajstić information content (AvgIpc) is 2.92. The van der Waals surface area contributed by atoms with Crippen LogP contribution in [-0.4, -0.2) is 46.2 Å². The quantitative estimate of drug-likeness (QED) is 0.925. The van der Waals surface area contributed by atoms with Crippen molar-refractivity contribution in [2.75, 3.05) is 19.6 Å². The predicted octanol–water partition coefficient (Wildman–Crippen LogP) is 2.38. The van der Waals surface area contributed by atoms with Gasteiger partial charge in [0.2, 0.25) is 0 Å². The third kappa shape index (κ3) is 4.94. The van der Waals surface area contributed by atoms with Crippen molar-refractivity contribution in [2.24, 2.45) is 5.92 Å². The number of ether oxygens (including phenoxy) is 1. The van der Waals surface area contributed by atoms with E-state index in [4.69, 9.17) is 4.74 Å². The third-order valence-corrected chi connectivity index (χ3v) is 3.81. The van der Waals surface area contributed by atoms with Gasteiger partial charge in [-0.2, -0.15) is 0 Å². The van der Waals surface area contributed by atoms with Crippen LogP contribution in [-0.2, 0) is 4.74 Å². The number of rotatable bonds is 4. The first kappa shape index (κ1) is 16.7. The summed E-state index contributed by atoms with van der Waals surface area (Å²) in [4.78, 5) is 22.6. The van der Waals surface area contributed by atoms with Crippen molar-refractivity contribution in [1.29, 1.82) is 0 Å². The highest BCUT2D eigenvalue weighted by Gasteiger charge is 2.28. The Balaban J connectivity index is 1.77. The van der Waals surface area contributed by atoms with E-state index in [-0.39, 0.29) is 12.1 Å². The smallest absolute Gasteiger partial charge is 0.407 e. The highest BCUT2D eigenvalue weighted by molar-refractivity contribution is 5.67. The van der Waals surface area contributed by atoms with Crippen molar-refractivity contribution >= 4 is 6.09 Å². The molecule has 0 saturated carbocycles. The summed E-state index contributed by atoms with van der Waals surface area (Å²) in [5.74, 6) is 0.451. The molecule has 0 aliphatic carbocycles. The Morgan fingerprint density at radius 2 is 2.27 bits per heavy atom. The summed E-state index contributed by atoms with van der Waals surface area (Å²) >= 11 is 0. The molecule has 1 aromatic rings. The summed E-state index contributed by atoms with van der Waals surface area (Å²) < 4.78 is 5.26. The summed E-state index contributed by atoms with van der Waals surface area (Å²) in [7, 11) is 0. The molecule has 6 heteroatoms. The Hall–Kier alpha value is -1.69. The van der Waals surface area contributed by atoms with Gasteiger partial charge in [-0.05, 0) is 46.6 Å². The van der Waals surface area contributed by atoms with E-state index in [1.54, 1.807) is 12.4 Å². The van der Waals surface area contributed by atoms with Crippen molar-refractivity contribution in [3.05, 3.63) is 24.3 Å². The minimum Gasteiger partial charge on any atom is -0.444 e. The van der Waals surface area contributed by atoms with E-state index < -0.39 is 5.60 Å². The Morgan fingerprint density at radius 1 is 1.50 bits per heavy atom. The minimum atomic E-state index is -0.452. The average molecular weight is 306 g/mol. The number of nitrogens with one attached hydrogen (secondary N) is 1. The van der Waals surface area contributed by atoms with Crippen molar-refractivity contribution in [1.82, 2.24) is 20.2 Å². The Morgan fingerprint density at radius 3 is 2.91 bits per heavy atom. The van der Waals surface area contributed by atoms with Gasteiger partial charge in [0.15, 0.2) is 0 Å². The molecule has 0 radical (unpaired) electrons. The van der Waals surface area contributed by atoms with Crippen LogP contribution in [0, 0.1) is 5.92 Å². The lowest BCUT2D eigenvalue weighted by Gasteiger charge is -2.24. The number of amides is 1. The fourth-order valence-corrected chi connectivity index (χ4v) is 2.64. The fourth-order valence-electron chi connectivity index (χ4n) is 2.64. The summed E-state index contributed by atoms with van der Waals surface area (Å²) in [5.41, 5.74) is 0.537. The molecule has 1 saturated heterocycles. The first-order valence-electron chi connectivity index (χ1n) is 7.82. The van der Waals surface area contributed by atoms with Gasteiger partial charge >= 0.3 is 6.09 Å². The van der Waals surface area contributed by atoms with Crippen LogP contribution in [0.25, 0.3) is 0 Å². The molecule has 6 nitrogen and oxygen atoms in total. The summed E-state index contributed by atoms with van der Waals surface area (Å²) in [6, 6.07) is 0.250. The van der Waals surface area contributed by atoms with Crippen molar-refractivity contribution in [3.8, 4) is 0 Å². The molecule has 1 aromatic heterocycles. The van der Waals surface area contributed by atoms with Crippen LogP contribution >= 0.6 is 0 Å². The zero-order valence-electron chi connectivity index (χ0n) is 13.9. The van der Waals surface area contributed by atoms with E-state index in [9.17, 15) is 4.79 Å². The Bertz CT molecular complexity index is 487. The standard InChI is InChI=1S/C16H26N4O2/c1-12(14-10-17-6-7-18-14)20-8-5-13(11-20)9-19-15(21)22-16(2,3)4/h6-7,10,12-13H,5,8-9,11H2,1-4H3,(H,19,21)/t12-,13+/m0/s1. The van der Waals surface area contributed by atoms with Crippen LogP contribution in [0.15, 0.2) is 18.6 Å². The molecule has 1 aliphatic heterocycles. The minimum absolute atomic E-state index is 0.250. The first-order chi connectivity index (χ1) is 10.3. The molecular formula is C16H26N4O2. The molecule has 0 bridgehead atoms. The SMILES string of the molecule is C[C@@H](c1cnccn1)N1CC[C@H](CNC(=O)OC(C)(C)C)C1. The number of carbonyl (C=O) groups is 1. The van der Waals surface area contributed by atoms with Crippen LogP contribution < -0.4 is 5.32 Å². The second-order valence-corrected chi connectivity index (χ2v) is 6.84. The van der Waals surface area contributed by atoms with Crippen LogP contribution in [0.5, 0.6) is 0 Å². The van der Waals surface area contributed by atoms with Crippen LogP contribution in [0.1, 0.15) is 45.9 Å². The molecule has 0 unspecified atom stereocenters. The van der Waals surface area contributed by atoms with E-state index in [0.717, 1.165) is 25.2 Å². The molecule has 2 heterocycles. The number of alkyl carbamates (subject to hydrolysis) is 1. The predicted molar refractivity (Wildman–Crippen MR) is 84.4 cm³/mol. The molecule has 122 valence electrons. The van der Waals surface area contributed by atoms with Gasteiger partial charge in [0.25, 0.3) is 0 Å². The van der Waals surface area contributed by atoms with Crippen molar-refractivity contribution in [2.45, 2.75) is 45.8 Å². The topological polar surface area (TPSA) is 67.4 Å². The summed E-state index contributed by atoms with van der Waals surface area (Å²) in [5, 5.41) is 2.86. The zero-order chi connectivity index (χ0) is 16.2. The largest absolute Gasteiger partial charge is 0.444 e. The van der Waals surface area contributed by atoms with E-state index >= 15 is 0 Å². The highest BCUT2D eigenvalue weighted by Crippen LogP contribution is 2.25. The normalized spacial score (nSPS) is 20.6. The molecule has 1 aliphatic rings. The first-order valence-corrected chi connectivity index (χ1v) is 7.82. The zero-order valence-corrected chi connectivity index (χ0v) is 13.9. The number of carbonyl (C=O) groups excluding carboxylic acids is 1. The van der Waals surface area contributed by atoms with Gasteiger partial charge in [-0.1, -0.05) is 0 Å². The number of likely N-dealkylation sites (tertiary alicyclic amines) is 1. The monoisotopic (exact) mass is 306 g/mol. The molecule has 2 atom stereocenters. The van der Waals surface area contributed by atoms with Gasteiger partial charge in [-0.15, -0.1) is 0 Å². The lowest BCUT2D eigenvalue weighted by molar-refractivity contribution is 0.0519. The maximum absolute atomic E-state index is 11.7. The van der Waals surface area contributed by atoms with Gasteiger partial charge in [0, 0.05) is 31.7 Å². The molecule has 2 rings (SSSR count). The highest BCUT2D eigenvalue weighted by atomic mass is 16.6. The van der Waals surface area contributed by atoms with Gasteiger partial charge in [-0.3, -0.25) is 14.9 Å². The number of hydrogen-bond acceptors (Lipinski definition) is 5. The molecule has 0 spiro atoms. The van der Waals surface area contributed by atoms with Gasteiger partial charge in [-0.25, -0.2) is 4.79 Å². The Labute approximate surface area is 132 Å². The lowest BCUT2D eigenvalue weighted by Crippen LogP contribution is -2.36. The molecule has 22 heavy (non-hydrogen) atoms.